The van der Waals surface area contributed by atoms with Gasteiger partial charge in [-0.05, 0) is 38.5 Å². The Hall–Kier alpha value is -0.140. The van der Waals surface area contributed by atoms with Gasteiger partial charge in [-0.15, -0.1) is 9.05 Å². The molecule has 8 heteroatoms. The van der Waals surface area contributed by atoms with E-state index in [1.165, 1.54) is 0 Å². The predicted octanol–water partition coefficient (Wildman–Crippen LogP) is 7.16. The molecule has 0 saturated heterocycles. The van der Waals surface area contributed by atoms with Crippen LogP contribution in [-0.2, 0) is 32.6 Å². The Labute approximate surface area is 198 Å². The van der Waals surface area contributed by atoms with Gasteiger partial charge in [-0.2, -0.15) is 0 Å². The van der Waals surface area contributed by atoms with Gasteiger partial charge in [0.05, 0.1) is 0 Å². The number of hydrogen-bond donors (Lipinski definition) is 0. The van der Waals surface area contributed by atoms with Crippen molar-refractivity contribution in [1.82, 2.24) is 0 Å². The zero-order chi connectivity index (χ0) is 23.7. The van der Waals surface area contributed by atoms with Crippen molar-refractivity contribution in [2.75, 3.05) is 39.6 Å². The van der Waals surface area contributed by atoms with E-state index >= 15 is 0 Å². The summed E-state index contributed by atoms with van der Waals surface area (Å²) in [6, 6.07) is 0. The van der Waals surface area contributed by atoms with Crippen molar-refractivity contribution < 1.29 is 32.6 Å². The van der Waals surface area contributed by atoms with E-state index in [1.807, 2.05) is 0 Å². The Morgan fingerprint density at radius 1 is 0.500 bits per heavy atom. The highest BCUT2D eigenvalue weighted by atomic mass is 31.1. The van der Waals surface area contributed by atoms with Gasteiger partial charge in [0, 0.05) is 43.8 Å². The second kappa shape index (κ2) is 25.5. The summed E-state index contributed by atoms with van der Waals surface area (Å²) in [6.07, 6.45) is 10.9. The highest BCUT2D eigenvalue weighted by Gasteiger charge is 2.21. The molecule has 0 heterocycles. The molecule has 0 radical (unpaired) electrons. The van der Waals surface area contributed by atoms with Crippen LogP contribution in [0.25, 0.3) is 0 Å². The highest BCUT2D eigenvalue weighted by Crippen LogP contribution is 2.25. The van der Waals surface area contributed by atoms with E-state index in [0.29, 0.717) is 52.5 Å². The first-order valence-corrected chi connectivity index (χ1v) is 14.0. The largest absolute Gasteiger partial charge is 0.697 e. The lowest BCUT2D eigenvalue weighted by Gasteiger charge is -2.18. The monoisotopic (exact) mass is 481 g/mol. The lowest BCUT2D eigenvalue weighted by molar-refractivity contribution is -0.148. The molecule has 0 saturated carbocycles. The molecular formula is C24H50O7P+. The normalized spacial score (nSPS) is 11.7. The Balaban J connectivity index is 3.94. The van der Waals surface area contributed by atoms with Gasteiger partial charge in [0.25, 0.3) is 0 Å². The van der Waals surface area contributed by atoms with E-state index in [0.717, 1.165) is 64.2 Å². The molecule has 32 heavy (non-hydrogen) atoms. The van der Waals surface area contributed by atoms with Crippen LogP contribution in [0.4, 0.5) is 0 Å². The quantitative estimate of drug-likeness (QED) is 0.0737. The molecule has 0 aromatic rings. The molecule has 0 spiro atoms. The number of hydrogen-bond acceptors (Lipinski definition) is 7. The van der Waals surface area contributed by atoms with Crippen molar-refractivity contribution in [2.24, 2.45) is 0 Å². The average Bonchev–Trinajstić information content (AvgIpc) is 2.79. The van der Waals surface area contributed by atoms with Crippen LogP contribution in [0.5, 0.6) is 0 Å². The van der Waals surface area contributed by atoms with Gasteiger partial charge in [-0.25, -0.2) is 0 Å². The Kier molecular flexibility index (Phi) is 25.4. The topological polar surface area (TPSA) is 72.5 Å². The molecule has 7 nitrogen and oxygen atoms in total. The first kappa shape index (κ1) is 31.9. The first-order chi connectivity index (χ1) is 15.7. The molecule has 0 aliphatic carbocycles. The zero-order valence-corrected chi connectivity index (χ0v) is 22.1. The second-order valence-corrected chi connectivity index (χ2v) is 8.89. The third kappa shape index (κ3) is 21.7. The number of ether oxygens (including phenoxy) is 4. The van der Waals surface area contributed by atoms with Crippen molar-refractivity contribution in [3.63, 3.8) is 0 Å². The maximum Gasteiger partial charge on any atom is 0.697 e. The fourth-order valence-electron chi connectivity index (χ4n) is 2.68. The third-order valence-corrected chi connectivity index (χ3v) is 5.56. The van der Waals surface area contributed by atoms with Crippen LogP contribution in [-0.4, -0.2) is 52.2 Å². The molecule has 0 unspecified atom stereocenters. The molecule has 0 fully saturated rings. The van der Waals surface area contributed by atoms with Gasteiger partial charge in [-0.3, -0.25) is 0 Å². The Bertz CT molecular complexity index is 345. The summed E-state index contributed by atoms with van der Waals surface area (Å²) >= 11 is 0. The van der Waals surface area contributed by atoms with Crippen LogP contribution < -0.4 is 0 Å². The molecule has 0 N–H and O–H groups in total. The van der Waals surface area contributed by atoms with Gasteiger partial charge >= 0.3 is 8.25 Å². The summed E-state index contributed by atoms with van der Waals surface area (Å²) in [7, 11) is -2.11. The van der Waals surface area contributed by atoms with E-state index in [-0.39, 0.29) is 12.6 Å². The standard InChI is InChI=1S/C24H50O7P/c1-5-9-17-26-23(27-18-10-6-2)15-13-21-30-32(25)31-22-14-16-24(28-19-11-7-3)29-20-12-8-4/h23-24H,5-22H2,1-4H3/q+1. The summed E-state index contributed by atoms with van der Waals surface area (Å²) in [5, 5.41) is 0. The van der Waals surface area contributed by atoms with Crippen LogP contribution >= 0.6 is 8.25 Å². The van der Waals surface area contributed by atoms with Crippen LogP contribution in [0.15, 0.2) is 0 Å². The summed E-state index contributed by atoms with van der Waals surface area (Å²) in [5.74, 6) is 0. The molecule has 0 rings (SSSR count). The molecule has 0 aromatic carbocycles. The molecule has 0 aliphatic rings. The Morgan fingerprint density at radius 3 is 1.09 bits per heavy atom. The van der Waals surface area contributed by atoms with Crippen molar-refractivity contribution >= 4 is 8.25 Å². The van der Waals surface area contributed by atoms with Gasteiger partial charge < -0.3 is 18.9 Å². The maximum absolute atomic E-state index is 12.0. The van der Waals surface area contributed by atoms with Crippen molar-refractivity contribution in [1.29, 1.82) is 0 Å². The number of unbranched alkanes of at least 4 members (excludes halogenated alkanes) is 4. The summed E-state index contributed by atoms with van der Waals surface area (Å²) < 4.78 is 45.8. The van der Waals surface area contributed by atoms with Crippen LogP contribution in [0.2, 0.25) is 0 Å². The SMILES string of the molecule is CCCCOC(CCCO[P+](=O)OCCCC(OCCCC)OCCCC)OCCCC. The smallest absolute Gasteiger partial charge is 0.353 e. The van der Waals surface area contributed by atoms with E-state index in [4.69, 9.17) is 28.0 Å². The molecular weight excluding hydrogens is 431 g/mol. The molecule has 0 aliphatic heterocycles. The van der Waals surface area contributed by atoms with E-state index in [1.54, 1.807) is 0 Å². The van der Waals surface area contributed by atoms with E-state index in [2.05, 4.69) is 27.7 Å². The van der Waals surface area contributed by atoms with E-state index < -0.39 is 8.25 Å². The minimum atomic E-state index is -2.11. The summed E-state index contributed by atoms with van der Waals surface area (Å²) in [6.45, 7) is 12.1. The lowest BCUT2D eigenvalue weighted by atomic mass is 10.3. The summed E-state index contributed by atoms with van der Waals surface area (Å²) in [5.41, 5.74) is 0. The first-order valence-electron chi connectivity index (χ1n) is 12.9. The van der Waals surface area contributed by atoms with Crippen LogP contribution in [0.1, 0.15) is 105 Å². The Morgan fingerprint density at radius 2 is 0.812 bits per heavy atom. The van der Waals surface area contributed by atoms with Crippen LogP contribution in [0, 0.1) is 0 Å². The van der Waals surface area contributed by atoms with Crippen LogP contribution in [0.3, 0.4) is 0 Å². The highest BCUT2D eigenvalue weighted by molar-refractivity contribution is 7.33. The second-order valence-electron chi connectivity index (χ2n) is 7.93. The molecule has 0 amide bonds. The fourth-order valence-corrected chi connectivity index (χ4v) is 3.31. The lowest BCUT2D eigenvalue weighted by Crippen LogP contribution is -2.19. The molecule has 0 aromatic heterocycles. The van der Waals surface area contributed by atoms with Gasteiger partial charge in [0.1, 0.15) is 13.2 Å². The van der Waals surface area contributed by atoms with Gasteiger partial charge in [0.15, 0.2) is 12.6 Å². The van der Waals surface area contributed by atoms with Gasteiger partial charge in [-0.1, -0.05) is 53.4 Å². The predicted molar refractivity (Wildman–Crippen MR) is 129 cm³/mol. The molecule has 192 valence electrons. The maximum atomic E-state index is 12.0. The minimum absolute atomic E-state index is 0.215. The zero-order valence-electron chi connectivity index (χ0n) is 21.2. The van der Waals surface area contributed by atoms with Crippen molar-refractivity contribution in [2.45, 2.75) is 117 Å². The van der Waals surface area contributed by atoms with Crippen molar-refractivity contribution in [3.05, 3.63) is 0 Å². The van der Waals surface area contributed by atoms with Gasteiger partial charge in [0.2, 0.25) is 0 Å². The minimum Gasteiger partial charge on any atom is -0.353 e. The number of rotatable bonds is 26. The third-order valence-electron chi connectivity index (χ3n) is 4.77. The molecule has 0 bridgehead atoms. The average molecular weight is 482 g/mol. The fraction of sp³-hybridized carbons (Fsp3) is 1.00. The van der Waals surface area contributed by atoms with Crippen molar-refractivity contribution in [3.8, 4) is 0 Å². The molecule has 0 atom stereocenters. The summed E-state index contributed by atoms with van der Waals surface area (Å²) in [4.78, 5) is 0. The van der Waals surface area contributed by atoms with E-state index in [9.17, 15) is 4.57 Å².